The molecule has 41 heavy (non-hydrogen) atoms. The van der Waals surface area contributed by atoms with Crippen molar-refractivity contribution in [1.29, 1.82) is 0 Å². The SMILES string of the molecule is Cc1cc(C(C)Nc2ccc(Cl)nc2-c2ccc3c(c2)COB3O)c2oc(N3CCC(F)(F)CC3)c(C)c(=O)c2c1. The van der Waals surface area contributed by atoms with Crippen LogP contribution < -0.4 is 21.1 Å². The molecule has 11 heteroatoms. The molecular formula is C30H29BClF2N3O4. The first kappa shape index (κ1) is 27.7. The molecule has 2 aromatic heterocycles. The lowest BCUT2D eigenvalue weighted by atomic mass is 9.79. The quantitative estimate of drug-likeness (QED) is 0.230. The lowest BCUT2D eigenvalue weighted by molar-refractivity contribution is -0.0225. The molecule has 0 radical (unpaired) electrons. The van der Waals surface area contributed by atoms with Gasteiger partial charge in [0.25, 0.3) is 5.92 Å². The van der Waals surface area contributed by atoms with Gasteiger partial charge in [-0.05, 0) is 61.6 Å². The van der Waals surface area contributed by atoms with Crippen LogP contribution in [0.3, 0.4) is 0 Å². The molecule has 2 N–H and O–H groups in total. The molecule has 212 valence electrons. The van der Waals surface area contributed by atoms with Gasteiger partial charge in [-0.25, -0.2) is 13.8 Å². The number of benzene rings is 2. The zero-order valence-electron chi connectivity index (χ0n) is 22.9. The summed E-state index contributed by atoms with van der Waals surface area (Å²) in [6.45, 7) is 6.08. The maximum absolute atomic E-state index is 13.9. The number of nitrogens with one attached hydrogen (secondary N) is 1. The molecule has 2 aromatic carbocycles. The van der Waals surface area contributed by atoms with E-state index in [0.29, 0.717) is 45.6 Å². The molecule has 4 heterocycles. The number of halogens is 3. The summed E-state index contributed by atoms with van der Waals surface area (Å²) in [4.78, 5) is 19.8. The maximum Gasteiger partial charge on any atom is 0.491 e. The zero-order valence-corrected chi connectivity index (χ0v) is 23.7. The van der Waals surface area contributed by atoms with Gasteiger partial charge >= 0.3 is 7.12 Å². The van der Waals surface area contributed by atoms with E-state index in [9.17, 15) is 18.6 Å². The van der Waals surface area contributed by atoms with Gasteiger partial charge in [0.15, 0.2) is 5.43 Å². The summed E-state index contributed by atoms with van der Waals surface area (Å²) in [7, 11) is -0.941. The Morgan fingerprint density at radius 3 is 2.66 bits per heavy atom. The van der Waals surface area contributed by atoms with Crippen molar-refractivity contribution in [3.63, 3.8) is 0 Å². The second-order valence-electron chi connectivity index (χ2n) is 10.9. The normalized spacial score (nSPS) is 17.1. The van der Waals surface area contributed by atoms with Gasteiger partial charge in [-0.15, -0.1) is 0 Å². The molecular weight excluding hydrogens is 551 g/mol. The van der Waals surface area contributed by atoms with E-state index in [0.717, 1.165) is 27.7 Å². The number of anilines is 2. The van der Waals surface area contributed by atoms with Crippen LogP contribution in [0.1, 0.15) is 48.1 Å². The molecule has 2 aliphatic heterocycles. The predicted molar refractivity (Wildman–Crippen MR) is 157 cm³/mol. The Morgan fingerprint density at radius 2 is 1.90 bits per heavy atom. The standard InChI is InChI=1S/C30H29BClF2N3O4/c1-16-12-21(28-22(13-16)27(38)17(2)29(41-28)37-10-8-30(33,34)9-11-37)18(3)35-24-6-7-25(32)36-26(24)19-4-5-23-20(14-19)15-40-31(23)39/h4-7,12-14,18,35,39H,8-11,15H2,1-3H3. The van der Waals surface area contributed by atoms with Crippen molar-refractivity contribution in [2.24, 2.45) is 0 Å². The molecule has 6 rings (SSSR count). The van der Waals surface area contributed by atoms with E-state index >= 15 is 0 Å². The second kappa shape index (κ2) is 10.4. The van der Waals surface area contributed by atoms with E-state index in [1.54, 1.807) is 24.0 Å². The lowest BCUT2D eigenvalue weighted by Crippen LogP contribution is -2.40. The van der Waals surface area contributed by atoms with Gasteiger partial charge in [0.05, 0.1) is 35.0 Å². The number of nitrogens with zero attached hydrogens (tertiary/aromatic N) is 2. The fraction of sp³-hybridized carbons (Fsp3) is 0.333. The first-order valence-electron chi connectivity index (χ1n) is 13.6. The van der Waals surface area contributed by atoms with Crippen molar-refractivity contribution in [2.75, 3.05) is 23.3 Å². The summed E-state index contributed by atoms with van der Waals surface area (Å²) in [5.74, 6) is -2.37. The van der Waals surface area contributed by atoms with E-state index in [2.05, 4.69) is 10.3 Å². The fourth-order valence-electron chi connectivity index (χ4n) is 5.68. The number of rotatable bonds is 5. The van der Waals surface area contributed by atoms with E-state index < -0.39 is 13.0 Å². The van der Waals surface area contributed by atoms with Crippen LogP contribution in [-0.4, -0.2) is 36.1 Å². The largest absolute Gasteiger partial charge is 0.491 e. The minimum absolute atomic E-state index is 0.111. The Morgan fingerprint density at radius 1 is 1.15 bits per heavy atom. The van der Waals surface area contributed by atoms with Crippen molar-refractivity contribution in [1.82, 2.24) is 4.98 Å². The van der Waals surface area contributed by atoms with Gasteiger partial charge in [-0.2, -0.15) is 0 Å². The van der Waals surface area contributed by atoms with Crippen LogP contribution in [0.5, 0.6) is 0 Å². The first-order chi connectivity index (χ1) is 19.5. The minimum atomic E-state index is -2.71. The highest BCUT2D eigenvalue weighted by Gasteiger charge is 2.35. The summed E-state index contributed by atoms with van der Waals surface area (Å²) in [5, 5.41) is 14.3. The molecule has 4 aromatic rings. The summed E-state index contributed by atoms with van der Waals surface area (Å²) in [6, 6.07) is 12.6. The van der Waals surface area contributed by atoms with E-state index in [1.165, 1.54) is 0 Å². The summed E-state index contributed by atoms with van der Waals surface area (Å²) >= 11 is 6.30. The number of aromatic nitrogens is 1. The van der Waals surface area contributed by atoms with Crippen molar-refractivity contribution in [2.45, 2.75) is 52.2 Å². The fourth-order valence-corrected chi connectivity index (χ4v) is 5.82. The molecule has 2 aliphatic rings. The van der Waals surface area contributed by atoms with Gasteiger partial charge in [-0.3, -0.25) is 4.79 Å². The number of alkyl halides is 2. The lowest BCUT2D eigenvalue weighted by Gasteiger charge is -2.33. The Labute approximate surface area is 241 Å². The van der Waals surface area contributed by atoms with Gasteiger partial charge in [0, 0.05) is 37.1 Å². The Kier molecular flexibility index (Phi) is 7.04. The minimum Gasteiger partial charge on any atom is -0.440 e. The van der Waals surface area contributed by atoms with Crippen LogP contribution in [0.15, 0.2) is 51.7 Å². The van der Waals surface area contributed by atoms with E-state index in [1.807, 2.05) is 44.2 Å². The van der Waals surface area contributed by atoms with Crippen molar-refractivity contribution < 1.29 is 22.9 Å². The number of pyridine rings is 1. The van der Waals surface area contributed by atoms with Crippen LogP contribution in [0.25, 0.3) is 22.2 Å². The topological polar surface area (TPSA) is 87.8 Å². The summed E-state index contributed by atoms with van der Waals surface area (Å²) < 4.78 is 39.4. The average Bonchev–Trinajstić information content (AvgIpc) is 3.31. The third-order valence-electron chi connectivity index (χ3n) is 7.93. The molecule has 0 aliphatic carbocycles. The zero-order chi connectivity index (χ0) is 29.1. The second-order valence-corrected chi connectivity index (χ2v) is 11.3. The molecule has 7 nitrogen and oxygen atoms in total. The Balaban J connectivity index is 1.40. The van der Waals surface area contributed by atoms with Gasteiger partial charge in [-0.1, -0.05) is 29.8 Å². The van der Waals surface area contributed by atoms with Crippen LogP contribution in [0, 0.1) is 13.8 Å². The first-order valence-corrected chi connectivity index (χ1v) is 14.0. The third-order valence-corrected chi connectivity index (χ3v) is 8.14. The molecule has 0 amide bonds. The average molecular weight is 580 g/mol. The predicted octanol–water partition coefficient (Wildman–Crippen LogP) is 5.75. The molecule has 1 fully saturated rings. The highest BCUT2D eigenvalue weighted by atomic mass is 35.5. The van der Waals surface area contributed by atoms with Crippen molar-refractivity contribution in [3.8, 4) is 11.3 Å². The number of fused-ring (bicyclic) bond motifs is 2. The number of hydrogen-bond acceptors (Lipinski definition) is 7. The monoisotopic (exact) mass is 579 g/mol. The molecule has 1 saturated heterocycles. The Hall–Kier alpha value is -3.47. The Bertz CT molecular complexity index is 1720. The third kappa shape index (κ3) is 5.20. The highest BCUT2D eigenvalue weighted by molar-refractivity contribution is 6.61. The molecule has 0 bridgehead atoms. The molecule has 1 atom stereocenters. The maximum atomic E-state index is 13.9. The van der Waals surface area contributed by atoms with Gasteiger partial charge in [0.1, 0.15) is 10.7 Å². The number of aryl methyl sites for hydroxylation is 1. The van der Waals surface area contributed by atoms with Crippen LogP contribution in [0.4, 0.5) is 20.4 Å². The van der Waals surface area contributed by atoms with Crippen LogP contribution >= 0.6 is 11.6 Å². The highest BCUT2D eigenvalue weighted by Crippen LogP contribution is 2.36. The summed E-state index contributed by atoms with van der Waals surface area (Å²) in [6.07, 6.45) is -0.569. The molecule has 0 spiro atoms. The van der Waals surface area contributed by atoms with E-state index in [4.69, 9.17) is 20.7 Å². The number of hydrogen-bond donors (Lipinski definition) is 2. The summed E-state index contributed by atoms with van der Waals surface area (Å²) in [5.41, 5.74) is 6.05. The van der Waals surface area contributed by atoms with E-state index in [-0.39, 0.29) is 37.4 Å². The number of piperidine rings is 1. The van der Waals surface area contributed by atoms with Gasteiger partial charge in [0.2, 0.25) is 5.88 Å². The van der Waals surface area contributed by atoms with Gasteiger partial charge < -0.3 is 24.3 Å². The smallest absolute Gasteiger partial charge is 0.440 e. The van der Waals surface area contributed by atoms with Crippen LogP contribution in [-0.2, 0) is 11.3 Å². The van der Waals surface area contributed by atoms with Crippen molar-refractivity contribution >= 4 is 46.7 Å². The van der Waals surface area contributed by atoms with Crippen LogP contribution in [0.2, 0.25) is 5.15 Å². The molecule has 0 saturated carbocycles. The molecule has 1 unspecified atom stereocenters. The van der Waals surface area contributed by atoms with Crippen molar-refractivity contribution in [3.05, 3.63) is 80.1 Å².